The molecular weight excluding hydrogens is 244 g/mol. The molecule has 0 amide bonds. The Labute approximate surface area is 110 Å². The summed E-state index contributed by atoms with van der Waals surface area (Å²) < 4.78 is 6.20. The smallest absolute Gasteiger partial charge is 0.345 e. The summed E-state index contributed by atoms with van der Waals surface area (Å²) in [5.74, 6) is -0.591. The summed E-state index contributed by atoms with van der Waals surface area (Å²) in [6.07, 6.45) is 1.38. The molecule has 0 unspecified atom stereocenters. The molecule has 100 valence electrons. The summed E-state index contributed by atoms with van der Waals surface area (Å²) in [6, 6.07) is 7.87. The first kappa shape index (κ1) is 13.1. The van der Waals surface area contributed by atoms with E-state index in [0.717, 1.165) is 11.1 Å². The van der Waals surface area contributed by atoms with Gasteiger partial charge in [0.15, 0.2) is 0 Å². The number of aromatic amines is 1. The predicted octanol–water partition coefficient (Wildman–Crippen LogP) is 1.71. The fraction of sp³-hybridized carbons (Fsp3) is 0.286. The van der Waals surface area contributed by atoms with Crippen molar-refractivity contribution in [3.8, 4) is 0 Å². The lowest BCUT2D eigenvalue weighted by Crippen LogP contribution is -2.23. The molecule has 0 spiro atoms. The van der Waals surface area contributed by atoms with Crippen molar-refractivity contribution >= 4 is 5.97 Å². The van der Waals surface area contributed by atoms with E-state index in [4.69, 9.17) is 4.74 Å². The van der Waals surface area contributed by atoms with Gasteiger partial charge < -0.3 is 9.84 Å². The number of hydrogen-bond acceptors (Lipinski definition) is 3. The van der Waals surface area contributed by atoms with E-state index in [1.807, 2.05) is 31.2 Å². The third-order valence-corrected chi connectivity index (χ3v) is 2.80. The third kappa shape index (κ3) is 2.93. The van der Waals surface area contributed by atoms with E-state index in [-0.39, 0.29) is 17.7 Å². The molecule has 0 bridgehead atoms. The highest BCUT2D eigenvalue weighted by Gasteiger charge is 2.15. The summed E-state index contributed by atoms with van der Waals surface area (Å²) in [4.78, 5) is 23.5. The molecule has 0 saturated heterocycles. The maximum absolute atomic E-state index is 12.0. The van der Waals surface area contributed by atoms with Crippen molar-refractivity contribution < 1.29 is 9.53 Å². The zero-order chi connectivity index (χ0) is 13.8. The molecule has 0 aliphatic heterocycles. The number of aromatic nitrogens is 2. The van der Waals surface area contributed by atoms with Crippen LogP contribution >= 0.6 is 0 Å². The maximum Gasteiger partial charge on any atom is 0.345 e. The van der Waals surface area contributed by atoms with Crippen LogP contribution in [0, 0.1) is 6.92 Å². The highest BCUT2D eigenvalue weighted by Crippen LogP contribution is 2.04. The van der Waals surface area contributed by atoms with Gasteiger partial charge in [-0.3, -0.25) is 4.79 Å². The number of aryl methyl sites for hydroxylation is 1. The number of carbonyl (C=O) groups excluding carboxylic acids is 1. The van der Waals surface area contributed by atoms with E-state index in [9.17, 15) is 9.59 Å². The highest BCUT2D eigenvalue weighted by molar-refractivity contribution is 5.88. The number of rotatable bonds is 4. The third-order valence-electron chi connectivity index (χ3n) is 2.80. The molecule has 0 atom stereocenters. The SMILES string of the molecule is CCOC(=O)c1c[nH]n(Cc2ccc(C)cc2)c1=O. The topological polar surface area (TPSA) is 64.1 Å². The van der Waals surface area contributed by atoms with Gasteiger partial charge in [-0.2, -0.15) is 0 Å². The average molecular weight is 260 g/mol. The summed E-state index contributed by atoms with van der Waals surface area (Å²) in [5.41, 5.74) is 1.83. The first-order valence-corrected chi connectivity index (χ1v) is 6.12. The zero-order valence-electron chi connectivity index (χ0n) is 11.0. The molecule has 19 heavy (non-hydrogen) atoms. The van der Waals surface area contributed by atoms with Gasteiger partial charge in [-0.1, -0.05) is 29.8 Å². The van der Waals surface area contributed by atoms with Crippen LogP contribution in [0.4, 0.5) is 0 Å². The van der Waals surface area contributed by atoms with Gasteiger partial charge in [0.05, 0.1) is 13.2 Å². The van der Waals surface area contributed by atoms with Crippen molar-refractivity contribution in [1.29, 1.82) is 0 Å². The monoisotopic (exact) mass is 260 g/mol. The lowest BCUT2D eigenvalue weighted by atomic mass is 10.1. The fourth-order valence-electron chi connectivity index (χ4n) is 1.76. The van der Waals surface area contributed by atoms with Crippen molar-refractivity contribution in [3.05, 3.63) is 57.5 Å². The molecule has 0 saturated carbocycles. The number of carbonyl (C=O) groups is 1. The number of H-pyrrole nitrogens is 1. The minimum absolute atomic E-state index is 0.0361. The Hall–Kier alpha value is -2.30. The Balaban J connectivity index is 2.20. The minimum atomic E-state index is -0.591. The molecule has 0 radical (unpaired) electrons. The van der Waals surface area contributed by atoms with Gasteiger partial charge >= 0.3 is 5.97 Å². The Bertz CT molecular complexity index is 623. The van der Waals surface area contributed by atoms with E-state index in [1.54, 1.807) is 6.92 Å². The highest BCUT2D eigenvalue weighted by atomic mass is 16.5. The van der Waals surface area contributed by atoms with Gasteiger partial charge in [0.25, 0.3) is 5.56 Å². The number of hydrogen-bond donors (Lipinski definition) is 1. The molecule has 1 aromatic carbocycles. The van der Waals surface area contributed by atoms with Gasteiger partial charge in [-0.05, 0) is 19.4 Å². The summed E-state index contributed by atoms with van der Waals surface area (Å²) in [5, 5.41) is 2.78. The van der Waals surface area contributed by atoms with Crippen LogP contribution in [0.5, 0.6) is 0 Å². The van der Waals surface area contributed by atoms with Crippen LogP contribution in [0.15, 0.2) is 35.3 Å². The maximum atomic E-state index is 12.0. The summed E-state index contributed by atoms with van der Waals surface area (Å²) >= 11 is 0. The molecule has 0 fully saturated rings. The van der Waals surface area contributed by atoms with Crippen molar-refractivity contribution in [2.45, 2.75) is 20.4 Å². The standard InChI is InChI=1S/C14H16N2O3/c1-3-19-14(18)12-8-15-16(13(12)17)9-11-6-4-10(2)5-7-11/h4-8,15H,3,9H2,1-2H3. The van der Waals surface area contributed by atoms with Gasteiger partial charge in [0.2, 0.25) is 0 Å². The fourth-order valence-corrected chi connectivity index (χ4v) is 1.76. The van der Waals surface area contributed by atoms with Crippen molar-refractivity contribution in [2.24, 2.45) is 0 Å². The van der Waals surface area contributed by atoms with Crippen LogP contribution < -0.4 is 5.56 Å². The van der Waals surface area contributed by atoms with E-state index in [2.05, 4.69) is 5.10 Å². The molecule has 1 aromatic heterocycles. The number of esters is 1. The Kier molecular flexibility index (Phi) is 3.85. The van der Waals surface area contributed by atoms with Crippen LogP contribution in [-0.2, 0) is 11.3 Å². The lowest BCUT2D eigenvalue weighted by molar-refractivity contribution is 0.0524. The molecule has 1 heterocycles. The molecule has 2 aromatic rings. The molecule has 0 aliphatic rings. The molecule has 2 rings (SSSR count). The minimum Gasteiger partial charge on any atom is -0.462 e. The van der Waals surface area contributed by atoms with Crippen LogP contribution in [0.25, 0.3) is 0 Å². The van der Waals surface area contributed by atoms with Gasteiger partial charge in [-0.25, -0.2) is 9.48 Å². The molecule has 0 aliphatic carbocycles. The van der Waals surface area contributed by atoms with Crippen LogP contribution in [-0.4, -0.2) is 22.4 Å². The molecule has 1 N–H and O–H groups in total. The van der Waals surface area contributed by atoms with E-state index in [0.29, 0.717) is 6.54 Å². The number of benzene rings is 1. The number of nitrogens with zero attached hydrogens (tertiary/aromatic N) is 1. The largest absolute Gasteiger partial charge is 0.462 e. The average Bonchev–Trinajstić information content (AvgIpc) is 2.74. The van der Waals surface area contributed by atoms with Gasteiger partial charge in [-0.15, -0.1) is 0 Å². The van der Waals surface area contributed by atoms with E-state index < -0.39 is 5.97 Å². The summed E-state index contributed by atoms with van der Waals surface area (Å²) in [6.45, 7) is 4.36. The summed E-state index contributed by atoms with van der Waals surface area (Å²) in [7, 11) is 0. The second-order valence-corrected chi connectivity index (χ2v) is 4.28. The Morgan fingerprint density at radius 1 is 1.32 bits per heavy atom. The number of nitrogens with one attached hydrogen (secondary N) is 1. The first-order valence-electron chi connectivity index (χ1n) is 6.12. The second kappa shape index (κ2) is 5.56. The van der Waals surface area contributed by atoms with E-state index in [1.165, 1.54) is 10.9 Å². The van der Waals surface area contributed by atoms with Gasteiger partial charge in [0, 0.05) is 6.20 Å². The van der Waals surface area contributed by atoms with Crippen LogP contribution in [0.1, 0.15) is 28.4 Å². The molecule has 5 nitrogen and oxygen atoms in total. The zero-order valence-corrected chi connectivity index (χ0v) is 11.0. The first-order chi connectivity index (χ1) is 9.11. The number of ether oxygens (including phenoxy) is 1. The van der Waals surface area contributed by atoms with Crippen LogP contribution in [0.3, 0.4) is 0 Å². The van der Waals surface area contributed by atoms with Crippen molar-refractivity contribution in [1.82, 2.24) is 9.78 Å². The quantitative estimate of drug-likeness (QED) is 0.851. The lowest BCUT2D eigenvalue weighted by Gasteiger charge is -2.02. The molecular formula is C14H16N2O3. The predicted molar refractivity (Wildman–Crippen MR) is 71.3 cm³/mol. The van der Waals surface area contributed by atoms with Gasteiger partial charge in [0.1, 0.15) is 5.56 Å². The second-order valence-electron chi connectivity index (χ2n) is 4.28. The normalized spacial score (nSPS) is 10.4. The Morgan fingerprint density at radius 2 is 2.00 bits per heavy atom. The van der Waals surface area contributed by atoms with Crippen LogP contribution in [0.2, 0.25) is 0 Å². The van der Waals surface area contributed by atoms with Crippen molar-refractivity contribution in [2.75, 3.05) is 6.61 Å². The Morgan fingerprint density at radius 3 is 2.63 bits per heavy atom. The van der Waals surface area contributed by atoms with Crippen molar-refractivity contribution in [3.63, 3.8) is 0 Å². The molecule has 5 heteroatoms. The van der Waals surface area contributed by atoms with E-state index >= 15 is 0 Å².